The van der Waals surface area contributed by atoms with Gasteiger partial charge in [0.15, 0.2) is 5.82 Å². The van der Waals surface area contributed by atoms with Crippen LogP contribution in [0, 0.1) is 0 Å². The molecule has 2 aliphatic rings. The molecule has 0 saturated carbocycles. The van der Waals surface area contributed by atoms with Gasteiger partial charge in [0.05, 0.1) is 26.5 Å². The molecule has 7 nitrogen and oxygen atoms in total. The van der Waals surface area contributed by atoms with Crippen LogP contribution in [0.4, 0.5) is 0 Å². The van der Waals surface area contributed by atoms with Gasteiger partial charge in [-0.2, -0.15) is 9.58 Å². The van der Waals surface area contributed by atoms with Crippen LogP contribution in [0.2, 0.25) is 0 Å². The van der Waals surface area contributed by atoms with E-state index < -0.39 is 0 Å². The molecule has 0 aliphatic carbocycles. The van der Waals surface area contributed by atoms with E-state index in [-0.39, 0.29) is 0 Å². The molecule has 1 aromatic carbocycles. The number of quaternary nitrogens is 1. The molecular weight excluding hydrogens is 344 g/mol. The van der Waals surface area contributed by atoms with E-state index in [1.165, 1.54) is 0 Å². The van der Waals surface area contributed by atoms with E-state index in [1.807, 2.05) is 36.6 Å². The Balaban J connectivity index is 1.54. The van der Waals surface area contributed by atoms with Crippen molar-refractivity contribution in [2.45, 2.75) is 32.2 Å². The first-order valence-corrected chi connectivity index (χ1v) is 9.43. The third kappa shape index (κ3) is 3.40. The summed E-state index contributed by atoms with van der Waals surface area (Å²) in [6, 6.07) is 8.29. The highest BCUT2D eigenvalue weighted by atomic mass is 16.5. The van der Waals surface area contributed by atoms with Crippen molar-refractivity contribution in [1.82, 2.24) is 10.1 Å². The van der Waals surface area contributed by atoms with Crippen LogP contribution in [-0.2, 0) is 11.2 Å². The van der Waals surface area contributed by atoms with Crippen molar-refractivity contribution in [3.8, 4) is 5.75 Å². The molecule has 0 spiro atoms. The first-order chi connectivity index (χ1) is 13.2. The Morgan fingerprint density at radius 3 is 2.67 bits per heavy atom. The SMILES string of the molecule is CC[N+]1(C2CCOCC2)N=CC=C1c1nc(Cc2ccc(OC)cc2)no1. The standard InChI is InChI=1S/C20H25N4O3/c1-3-24(16-9-12-26-13-10-16)18(8-11-21-24)20-22-19(23-27-20)14-15-4-6-17(25-2)7-5-15/h4-8,11,16H,3,9-10,12-14H2,1-2H3/q+1. The molecule has 4 rings (SSSR count). The lowest BCUT2D eigenvalue weighted by Crippen LogP contribution is -2.50. The number of benzene rings is 1. The first-order valence-electron chi connectivity index (χ1n) is 9.43. The van der Waals surface area contributed by atoms with Crippen LogP contribution in [0.5, 0.6) is 5.75 Å². The second-order valence-electron chi connectivity index (χ2n) is 6.84. The van der Waals surface area contributed by atoms with E-state index in [2.05, 4.69) is 17.1 Å². The molecule has 2 aromatic rings. The summed E-state index contributed by atoms with van der Waals surface area (Å²) in [4.78, 5) is 4.66. The van der Waals surface area contributed by atoms with Crippen LogP contribution in [0.1, 0.15) is 37.0 Å². The zero-order valence-electron chi connectivity index (χ0n) is 15.8. The number of ether oxygens (including phenoxy) is 2. The topological polar surface area (TPSA) is 69.7 Å². The van der Waals surface area contributed by atoms with E-state index in [0.29, 0.717) is 28.8 Å². The minimum Gasteiger partial charge on any atom is -0.497 e. The van der Waals surface area contributed by atoms with Gasteiger partial charge in [0.2, 0.25) is 5.70 Å². The van der Waals surface area contributed by atoms with E-state index in [0.717, 1.165) is 49.6 Å². The van der Waals surface area contributed by atoms with Gasteiger partial charge in [-0.1, -0.05) is 22.4 Å². The quantitative estimate of drug-likeness (QED) is 0.732. The molecule has 0 amide bonds. The summed E-state index contributed by atoms with van der Waals surface area (Å²) in [7, 11) is 1.66. The molecule has 0 radical (unpaired) electrons. The van der Waals surface area contributed by atoms with Gasteiger partial charge in [-0.15, -0.1) is 0 Å². The fraction of sp³-hybridized carbons (Fsp3) is 0.450. The van der Waals surface area contributed by atoms with Crippen molar-refractivity contribution in [2.24, 2.45) is 5.10 Å². The molecule has 142 valence electrons. The molecule has 27 heavy (non-hydrogen) atoms. The van der Waals surface area contributed by atoms with E-state index >= 15 is 0 Å². The minimum atomic E-state index is 0.380. The Kier molecular flexibility index (Phi) is 5.05. The molecule has 1 fully saturated rings. The van der Waals surface area contributed by atoms with Crippen molar-refractivity contribution < 1.29 is 18.6 Å². The van der Waals surface area contributed by atoms with Gasteiger partial charge in [0.25, 0.3) is 0 Å². The summed E-state index contributed by atoms with van der Waals surface area (Å²) in [5.41, 5.74) is 2.10. The van der Waals surface area contributed by atoms with Crippen LogP contribution in [0.25, 0.3) is 5.70 Å². The van der Waals surface area contributed by atoms with E-state index in [9.17, 15) is 0 Å². The fourth-order valence-electron chi connectivity index (χ4n) is 3.92. The smallest absolute Gasteiger partial charge is 0.314 e. The molecule has 3 heterocycles. The monoisotopic (exact) mass is 369 g/mol. The first kappa shape index (κ1) is 17.9. The van der Waals surface area contributed by atoms with Crippen molar-refractivity contribution in [3.05, 3.63) is 47.6 Å². The third-order valence-electron chi connectivity index (χ3n) is 5.41. The molecular formula is C20H25N4O3+. The number of hydrogen-bond donors (Lipinski definition) is 0. The van der Waals surface area contributed by atoms with E-state index in [1.54, 1.807) is 7.11 Å². The molecule has 2 aliphatic heterocycles. The molecule has 1 aromatic heterocycles. The Morgan fingerprint density at radius 1 is 1.19 bits per heavy atom. The van der Waals surface area contributed by atoms with Gasteiger partial charge in [0, 0.05) is 25.3 Å². The highest BCUT2D eigenvalue weighted by Gasteiger charge is 2.46. The second-order valence-corrected chi connectivity index (χ2v) is 6.84. The van der Waals surface area contributed by atoms with Gasteiger partial charge in [-0.3, -0.25) is 0 Å². The maximum atomic E-state index is 5.63. The van der Waals surface area contributed by atoms with Gasteiger partial charge in [-0.05, 0) is 24.6 Å². The fourth-order valence-corrected chi connectivity index (χ4v) is 3.92. The van der Waals surface area contributed by atoms with E-state index in [4.69, 9.17) is 19.1 Å². The van der Waals surface area contributed by atoms with Crippen molar-refractivity contribution in [1.29, 1.82) is 0 Å². The maximum Gasteiger partial charge on any atom is 0.314 e. The average Bonchev–Trinajstić information content (AvgIpc) is 3.36. The number of aromatic nitrogens is 2. The summed E-state index contributed by atoms with van der Waals surface area (Å²) in [6.45, 7) is 4.56. The van der Waals surface area contributed by atoms with Crippen LogP contribution < -0.4 is 4.74 Å². The van der Waals surface area contributed by atoms with Crippen LogP contribution in [-0.4, -0.2) is 53.9 Å². The second kappa shape index (κ2) is 7.62. The minimum absolute atomic E-state index is 0.380. The van der Waals surface area contributed by atoms with Crippen LogP contribution in [0.3, 0.4) is 0 Å². The Morgan fingerprint density at radius 2 is 1.96 bits per heavy atom. The van der Waals surface area contributed by atoms with Crippen LogP contribution >= 0.6 is 0 Å². The molecule has 7 heteroatoms. The lowest BCUT2D eigenvalue weighted by molar-refractivity contribution is -0.890. The number of methoxy groups -OCH3 is 1. The third-order valence-corrected chi connectivity index (χ3v) is 5.41. The zero-order valence-corrected chi connectivity index (χ0v) is 15.8. The normalized spacial score (nSPS) is 22.8. The summed E-state index contributed by atoms with van der Waals surface area (Å²) in [6.07, 6.45) is 6.45. The van der Waals surface area contributed by atoms with Crippen molar-refractivity contribution in [2.75, 3.05) is 26.9 Å². The lowest BCUT2D eigenvalue weighted by atomic mass is 10.0. The lowest BCUT2D eigenvalue weighted by Gasteiger charge is -2.38. The predicted molar refractivity (Wildman–Crippen MR) is 101 cm³/mol. The molecule has 1 saturated heterocycles. The maximum absolute atomic E-state index is 5.63. The van der Waals surface area contributed by atoms with Gasteiger partial charge in [0.1, 0.15) is 18.3 Å². The molecule has 0 N–H and O–H groups in total. The zero-order chi connectivity index (χ0) is 18.7. The summed E-state index contributed by atoms with van der Waals surface area (Å²) >= 11 is 0. The van der Waals surface area contributed by atoms with Crippen molar-refractivity contribution >= 4 is 11.9 Å². The van der Waals surface area contributed by atoms with Gasteiger partial charge < -0.3 is 14.0 Å². The Hall–Kier alpha value is -2.51. The summed E-state index contributed by atoms with van der Waals surface area (Å²) < 4.78 is 16.9. The highest BCUT2D eigenvalue weighted by molar-refractivity contribution is 5.82. The van der Waals surface area contributed by atoms with Crippen molar-refractivity contribution in [3.63, 3.8) is 0 Å². The number of rotatable bonds is 6. The summed E-state index contributed by atoms with van der Waals surface area (Å²) in [5, 5.41) is 9.00. The number of allylic oxidation sites excluding steroid dienone is 1. The van der Waals surface area contributed by atoms with Crippen LogP contribution in [0.15, 0.2) is 40.0 Å². The largest absolute Gasteiger partial charge is 0.497 e. The Labute approximate surface area is 158 Å². The molecule has 1 unspecified atom stereocenters. The van der Waals surface area contributed by atoms with Gasteiger partial charge in [-0.25, -0.2) is 0 Å². The highest BCUT2D eigenvalue weighted by Crippen LogP contribution is 2.37. The summed E-state index contributed by atoms with van der Waals surface area (Å²) in [5.74, 6) is 2.07. The number of nitrogens with zero attached hydrogens (tertiary/aromatic N) is 4. The molecule has 1 atom stereocenters. The Bertz CT molecular complexity index is 837. The molecule has 0 bridgehead atoms. The number of hydrogen-bond acceptors (Lipinski definition) is 6. The van der Waals surface area contributed by atoms with Gasteiger partial charge >= 0.3 is 5.89 Å². The predicted octanol–water partition coefficient (Wildman–Crippen LogP) is 3.03. The average molecular weight is 369 g/mol.